The highest BCUT2D eigenvalue weighted by atomic mass is 35.5. The summed E-state index contributed by atoms with van der Waals surface area (Å²) in [5.74, 6) is 0.0557. The summed E-state index contributed by atoms with van der Waals surface area (Å²) in [6.45, 7) is 2.81. The molecule has 2 amide bonds. The summed E-state index contributed by atoms with van der Waals surface area (Å²) in [5, 5.41) is 3.24. The highest BCUT2D eigenvalue weighted by Gasteiger charge is 2.27. The van der Waals surface area contributed by atoms with Gasteiger partial charge in [-0.1, -0.05) is 0 Å². The molecule has 1 aliphatic heterocycles. The predicted octanol–water partition coefficient (Wildman–Crippen LogP) is -0.0290. The predicted molar refractivity (Wildman–Crippen MR) is 80.0 cm³/mol. The minimum absolute atomic E-state index is 0. The third-order valence-electron chi connectivity index (χ3n) is 3.39. The van der Waals surface area contributed by atoms with Crippen molar-refractivity contribution in [2.75, 3.05) is 54.0 Å². The molecule has 1 N–H and O–H groups in total. The fraction of sp³-hybridized carbons (Fsp3) is 0.846. The first-order chi connectivity index (χ1) is 9.06. The number of amides is 2. The summed E-state index contributed by atoms with van der Waals surface area (Å²) >= 11 is 0. The standard InChI is InChI=1S/C13H25N3O3.ClH/c1-15(2)12(17)10-16(8-9-19-3)13(18)11-4-6-14-7-5-11;/h11,14H,4-10H2,1-3H3;1H. The van der Waals surface area contributed by atoms with Crippen molar-refractivity contribution in [1.29, 1.82) is 0 Å². The van der Waals surface area contributed by atoms with Crippen LogP contribution in [0.4, 0.5) is 0 Å². The van der Waals surface area contributed by atoms with Gasteiger partial charge in [-0.15, -0.1) is 12.4 Å². The van der Waals surface area contributed by atoms with Crippen LogP contribution in [0.5, 0.6) is 0 Å². The van der Waals surface area contributed by atoms with Gasteiger partial charge in [0.15, 0.2) is 0 Å². The van der Waals surface area contributed by atoms with Crippen LogP contribution in [0.2, 0.25) is 0 Å². The molecule has 0 atom stereocenters. The maximum Gasteiger partial charge on any atom is 0.241 e. The number of nitrogens with zero attached hydrogens (tertiary/aromatic N) is 2. The van der Waals surface area contributed by atoms with E-state index in [1.165, 1.54) is 4.90 Å². The van der Waals surface area contributed by atoms with Gasteiger partial charge in [0.05, 0.1) is 13.2 Å². The summed E-state index contributed by atoms with van der Waals surface area (Å²) in [5.41, 5.74) is 0. The molecule has 0 radical (unpaired) electrons. The first-order valence-electron chi connectivity index (χ1n) is 6.75. The topological polar surface area (TPSA) is 61.9 Å². The van der Waals surface area contributed by atoms with Gasteiger partial charge < -0.3 is 19.9 Å². The van der Waals surface area contributed by atoms with E-state index in [1.807, 2.05) is 0 Å². The number of hydrogen-bond donors (Lipinski definition) is 1. The van der Waals surface area contributed by atoms with Gasteiger partial charge in [-0.2, -0.15) is 0 Å². The number of rotatable bonds is 6. The third kappa shape index (κ3) is 6.07. The number of likely N-dealkylation sites (N-methyl/N-ethyl adjacent to an activating group) is 1. The Balaban J connectivity index is 0.00000361. The molecule has 0 aromatic rings. The van der Waals surface area contributed by atoms with Crippen molar-refractivity contribution in [2.45, 2.75) is 12.8 Å². The second kappa shape index (κ2) is 9.96. The molecule has 6 nitrogen and oxygen atoms in total. The van der Waals surface area contributed by atoms with Gasteiger partial charge in [0.25, 0.3) is 0 Å². The smallest absolute Gasteiger partial charge is 0.241 e. The molecule has 1 saturated heterocycles. The van der Waals surface area contributed by atoms with Gasteiger partial charge in [-0.3, -0.25) is 9.59 Å². The highest BCUT2D eigenvalue weighted by molar-refractivity contribution is 5.86. The van der Waals surface area contributed by atoms with Crippen molar-refractivity contribution < 1.29 is 14.3 Å². The van der Waals surface area contributed by atoms with Crippen molar-refractivity contribution >= 4 is 24.2 Å². The molecule has 0 spiro atoms. The van der Waals surface area contributed by atoms with Crippen LogP contribution in [-0.4, -0.2) is 75.6 Å². The largest absolute Gasteiger partial charge is 0.383 e. The van der Waals surface area contributed by atoms with Gasteiger partial charge >= 0.3 is 0 Å². The van der Waals surface area contributed by atoms with Crippen molar-refractivity contribution in [2.24, 2.45) is 5.92 Å². The number of carbonyl (C=O) groups is 2. The van der Waals surface area contributed by atoms with E-state index in [0.29, 0.717) is 13.2 Å². The van der Waals surface area contributed by atoms with Crippen LogP contribution >= 0.6 is 12.4 Å². The van der Waals surface area contributed by atoms with E-state index in [2.05, 4.69) is 5.32 Å². The normalized spacial score (nSPS) is 15.3. The maximum absolute atomic E-state index is 12.4. The zero-order chi connectivity index (χ0) is 14.3. The molecule has 20 heavy (non-hydrogen) atoms. The summed E-state index contributed by atoms with van der Waals surface area (Å²) in [7, 11) is 5.00. The lowest BCUT2D eigenvalue weighted by Gasteiger charge is -2.29. The lowest BCUT2D eigenvalue weighted by atomic mass is 9.96. The molecular weight excluding hydrogens is 282 g/mol. The van der Waals surface area contributed by atoms with E-state index in [0.717, 1.165) is 25.9 Å². The number of methoxy groups -OCH3 is 1. The van der Waals surface area contributed by atoms with Crippen molar-refractivity contribution in [3.05, 3.63) is 0 Å². The Kier molecular flexibility index (Phi) is 9.54. The van der Waals surface area contributed by atoms with Gasteiger partial charge in [-0.05, 0) is 25.9 Å². The summed E-state index contributed by atoms with van der Waals surface area (Å²) < 4.78 is 5.02. The molecule has 1 aliphatic rings. The Morgan fingerprint density at radius 2 is 1.85 bits per heavy atom. The van der Waals surface area contributed by atoms with E-state index in [-0.39, 0.29) is 36.7 Å². The summed E-state index contributed by atoms with van der Waals surface area (Å²) in [6.07, 6.45) is 1.69. The minimum Gasteiger partial charge on any atom is -0.383 e. The van der Waals surface area contributed by atoms with Crippen LogP contribution in [0, 0.1) is 5.92 Å². The van der Waals surface area contributed by atoms with Crippen LogP contribution < -0.4 is 5.32 Å². The van der Waals surface area contributed by atoms with E-state index >= 15 is 0 Å². The van der Waals surface area contributed by atoms with Crippen LogP contribution in [0.1, 0.15) is 12.8 Å². The Morgan fingerprint density at radius 1 is 1.25 bits per heavy atom. The van der Waals surface area contributed by atoms with Gasteiger partial charge in [0, 0.05) is 33.7 Å². The van der Waals surface area contributed by atoms with Gasteiger partial charge in [0.1, 0.15) is 0 Å². The van der Waals surface area contributed by atoms with E-state index < -0.39 is 0 Å². The number of ether oxygens (including phenoxy) is 1. The van der Waals surface area contributed by atoms with Crippen LogP contribution in [-0.2, 0) is 14.3 Å². The Hall–Kier alpha value is -0.850. The van der Waals surface area contributed by atoms with E-state index in [4.69, 9.17) is 4.74 Å². The molecule has 0 bridgehead atoms. The fourth-order valence-corrected chi connectivity index (χ4v) is 2.10. The van der Waals surface area contributed by atoms with Gasteiger partial charge in [0.2, 0.25) is 11.8 Å². The Labute approximate surface area is 127 Å². The number of piperidine rings is 1. The van der Waals surface area contributed by atoms with Crippen molar-refractivity contribution in [3.8, 4) is 0 Å². The number of carbonyl (C=O) groups excluding carboxylic acids is 2. The van der Waals surface area contributed by atoms with Crippen LogP contribution in [0.25, 0.3) is 0 Å². The molecule has 0 aliphatic carbocycles. The average Bonchev–Trinajstić information content (AvgIpc) is 2.43. The van der Waals surface area contributed by atoms with E-state index in [1.54, 1.807) is 26.1 Å². The molecule has 118 valence electrons. The molecule has 0 aromatic carbocycles. The molecule has 0 unspecified atom stereocenters. The lowest BCUT2D eigenvalue weighted by Crippen LogP contribution is -2.46. The van der Waals surface area contributed by atoms with Gasteiger partial charge in [-0.25, -0.2) is 0 Å². The van der Waals surface area contributed by atoms with Crippen molar-refractivity contribution in [1.82, 2.24) is 15.1 Å². The lowest BCUT2D eigenvalue weighted by molar-refractivity contribution is -0.143. The molecule has 1 rings (SSSR count). The average molecular weight is 308 g/mol. The summed E-state index contributed by atoms with van der Waals surface area (Å²) in [4.78, 5) is 27.4. The first-order valence-corrected chi connectivity index (χ1v) is 6.75. The highest BCUT2D eigenvalue weighted by Crippen LogP contribution is 2.15. The molecule has 1 heterocycles. The zero-order valence-electron chi connectivity index (χ0n) is 12.6. The first kappa shape index (κ1) is 19.1. The minimum atomic E-state index is -0.0570. The third-order valence-corrected chi connectivity index (χ3v) is 3.39. The quantitative estimate of drug-likeness (QED) is 0.749. The second-order valence-corrected chi connectivity index (χ2v) is 5.07. The monoisotopic (exact) mass is 307 g/mol. The summed E-state index contributed by atoms with van der Waals surface area (Å²) in [6, 6.07) is 0. The van der Waals surface area contributed by atoms with Crippen LogP contribution in [0.3, 0.4) is 0 Å². The maximum atomic E-state index is 12.4. The molecule has 0 saturated carbocycles. The Morgan fingerprint density at radius 3 is 2.35 bits per heavy atom. The zero-order valence-corrected chi connectivity index (χ0v) is 13.4. The molecule has 1 fully saturated rings. The van der Waals surface area contributed by atoms with Crippen LogP contribution in [0.15, 0.2) is 0 Å². The fourth-order valence-electron chi connectivity index (χ4n) is 2.10. The SMILES string of the molecule is COCCN(CC(=O)N(C)C)C(=O)C1CCNCC1.Cl. The Bertz CT molecular complexity index is 307. The van der Waals surface area contributed by atoms with Crippen molar-refractivity contribution in [3.63, 3.8) is 0 Å². The van der Waals surface area contributed by atoms with E-state index in [9.17, 15) is 9.59 Å². The number of hydrogen-bond acceptors (Lipinski definition) is 4. The molecule has 7 heteroatoms. The second-order valence-electron chi connectivity index (χ2n) is 5.07. The molecule has 0 aromatic heterocycles. The number of nitrogens with one attached hydrogen (secondary N) is 1. The molecular formula is C13H26ClN3O3. The number of halogens is 1.